The predicted molar refractivity (Wildman–Crippen MR) is 56.2 cm³/mol. The molecule has 0 saturated carbocycles. The van der Waals surface area contributed by atoms with Gasteiger partial charge in [-0.2, -0.15) is 0 Å². The highest BCUT2D eigenvalue weighted by Crippen LogP contribution is 2.11. The first kappa shape index (κ1) is 13.8. The van der Waals surface area contributed by atoms with E-state index in [4.69, 9.17) is 9.84 Å². The minimum atomic E-state index is 0. The summed E-state index contributed by atoms with van der Waals surface area (Å²) in [7, 11) is 6.55. The molecule has 0 bridgehead atoms. The summed E-state index contributed by atoms with van der Waals surface area (Å²) < 4.78 is 10.7. The van der Waals surface area contributed by atoms with E-state index in [1.807, 2.05) is 0 Å². The maximum Gasteiger partial charge on any atom is 0.130 e. The lowest BCUT2D eigenvalue weighted by Gasteiger charge is -2.22. The molecule has 2 fully saturated rings. The fourth-order valence-electron chi connectivity index (χ4n) is 0.958. The molecule has 2 saturated heterocycles. The van der Waals surface area contributed by atoms with Crippen LogP contribution in [0.15, 0.2) is 0 Å². The number of hydrogen-bond acceptors (Lipinski definition) is 3. The number of epoxide rings is 2. The van der Waals surface area contributed by atoms with Gasteiger partial charge in [0.15, 0.2) is 0 Å². The average molecular weight is 206 g/mol. The van der Waals surface area contributed by atoms with Gasteiger partial charge in [-0.15, -0.1) is 0 Å². The van der Waals surface area contributed by atoms with Gasteiger partial charge in [-0.1, -0.05) is 7.43 Å². The largest absolute Gasteiger partial charge is 0.394 e. The van der Waals surface area contributed by atoms with Gasteiger partial charge in [-0.05, 0) is 0 Å². The summed E-state index contributed by atoms with van der Waals surface area (Å²) >= 11 is 0. The third kappa shape index (κ3) is 8.44. The van der Waals surface area contributed by atoms with Crippen LogP contribution in [-0.2, 0) is 9.47 Å². The number of likely N-dealkylation sites (N-methyl/N-ethyl adjacent to an activating group) is 1. The Hall–Kier alpha value is -0.160. The molecule has 2 atom stereocenters. The first-order valence-corrected chi connectivity index (χ1v) is 4.66. The van der Waals surface area contributed by atoms with Crippen molar-refractivity contribution in [3.05, 3.63) is 0 Å². The Labute approximate surface area is 87.0 Å². The van der Waals surface area contributed by atoms with Crippen molar-refractivity contribution in [1.82, 2.24) is 0 Å². The fraction of sp³-hybridized carbons (Fsp3) is 1.00. The predicted octanol–water partition coefficient (Wildman–Crippen LogP) is 0.105. The van der Waals surface area contributed by atoms with Crippen LogP contribution in [0.25, 0.3) is 0 Å². The molecule has 2 rings (SSSR count). The zero-order valence-corrected chi connectivity index (χ0v) is 8.69. The van der Waals surface area contributed by atoms with Crippen molar-refractivity contribution in [1.29, 1.82) is 0 Å². The molecule has 0 spiro atoms. The second kappa shape index (κ2) is 5.66. The number of nitrogens with zero attached hydrogens (tertiary/aromatic N) is 1. The van der Waals surface area contributed by atoms with Crippen molar-refractivity contribution in [2.75, 3.05) is 47.5 Å². The van der Waals surface area contributed by atoms with Crippen molar-refractivity contribution < 1.29 is 19.1 Å². The van der Waals surface area contributed by atoms with Crippen LogP contribution in [0.3, 0.4) is 0 Å². The van der Waals surface area contributed by atoms with Gasteiger partial charge in [0, 0.05) is 0 Å². The van der Waals surface area contributed by atoms with Crippen molar-refractivity contribution in [3.63, 3.8) is 0 Å². The summed E-state index contributed by atoms with van der Waals surface area (Å²) in [5.74, 6) is 0. The minimum Gasteiger partial charge on any atom is -0.394 e. The van der Waals surface area contributed by atoms with Crippen molar-refractivity contribution >= 4 is 0 Å². The van der Waals surface area contributed by atoms with Crippen molar-refractivity contribution in [2.45, 2.75) is 19.6 Å². The monoisotopic (exact) mass is 206 g/mol. The Balaban J connectivity index is 0.000000246. The molecular weight excluding hydrogens is 182 g/mol. The molecule has 1 N–H and O–H groups in total. The minimum absolute atomic E-state index is 0. The van der Waals surface area contributed by atoms with E-state index < -0.39 is 0 Å². The molecule has 0 radical (unpaired) electrons. The molecule has 0 aliphatic carbocycles. The summed E-state index contributed by atoms with van der Waals surface area (Å²) in [4.78, 5) is 0. The second-order valence-electron chi connectivity index (χ2n) is 4.57. The molecule has 2 aliphatic heterocycles. The lowest BCUT2D eigenvalue weighted by Crippen LogP contribution is -2.37. The van der Waals surface area contributed by atoms with Gasteiger partial charge < -0.3 is 19.1 Å². The summed E-state index contributed by atoms with van der Waals surface area (Å²) in [5, 5.41) is 8.08. The molecule has 2 heterocycles. The van der Waals surface area contributed by atoms with Crippen molar-refractivity contribution in [2.24, 2.45) is 0 Å². The highest BCUT2D eigenvalue weighted by Gasteiger charge is 2.28. The number of hydrogen-bond donors (Lipinski definition) is 1. The summed E-state index contributed by atoms with van der Waals surface area (Å²) in [6.45, 7) is 3.09. The molecule has 4 heteroatoms. The standard InChI is InChI=1S/C6H14NO.C3H6O2.CH4/c1-7(2,3)4-6-5-8-6;4-1-3-2-5-3;/h6H,4-5H2,1-3H3;3-4H,1-2H2;1H4/q+1;;. The molecule has 0 aromatic rings. The van der Waals surface area contributed by atoms with E-state index in [9.17, 15) is 0 Å². The number of rotatable bonds is 3. The van der Waals surface area contributed by atoms with Crippen LogP contribution in [0, 0.1) is 0 Å². The van der Waals surface area contributed by atoms with E-state index in [0.29, 0.717) is 6.10 Å². The van der Waals surface area contributed by atoms with Crippen LogP contribution in [0.2, 0.25) is 0 Å². The Bertz CT molecular complexity index is 148. The molecule has 86 valence electrons. The summed E-state index contributed by atoms with van der Waals surface area (Å²) in [6.07, 6.45) is 0.755. The van der Waals surface area contributed by atoms with E-state index in [1.165, 1.54) is 0 Å². The Morgan fingerprint density at radius 1 is 1.14 bits per heavy atom. The molecule has 0 aromatic heterocycles. The van der Waals surface area contributed by atoms with Crippen LogP contribution < -0.4 is 0 Å². The SMILES string of the molecule is C.C[N+](C)(C)CC1CO1.OCC1CO1. The van der Waals surface area contributed by atoms with E-state index in [2.05, 4.69) is 25.9 Å². The van der Waals surface area contributed by atoms with Crippen LogP contribution in [0.4, 0.5) is 0 Å². The van der Waals surface area contributed by atoms with Gasteiger partial charge in [0.2, 0.25) is 0 Å². The second-order valence-corrected chi connectivity index (χ2v) is 4.57. The van der Waals surface area contributed by atoms with E-state index >= 15 is 0 Å². The molecule has 14 heavy (non-hydrogen) atoms. The zero-order chi connectivity index (χ0) is 9.90. The third-order valence-corrected chi connectivity index (χ3v) is 1.76. The third-order valence-electron chi connectivity index (χ3n) is 1.76. The molecule has 2 aliphatic rings. The fourth-order valence-corrected chi connectivity index (χ4v) is 0.958. The molecule has 0 aromatic carbocycles. The highest BCUT2D eigenvalue weighted by atomic mass is 16.6. The van der Waals surface area contributed by atoms with Gasteiger partial charge >= 0.3 is 0 Å². The Morgan fingerprint density at radius 3 is 1.64 bits per heavy atom. The van der Waals surface area contributed by atoms with Crippen LogP contribution in [-0.4, -0.2) is 69.3 Å². The molecular formula is C10H24NO3+. The number of aliphatic hydroxyl groups is 1. The van der Waals surface area contributed by atoms with Gasteiger partial charge in [0.25, 0.3) is 0 Å². The van der Waals surface area contributed by atoms with E-state index in [1.54, 1.807) is 0 Å². The molecule has 2 unspecified atom stereocenters. The first-order chi connectivity index (χ1) is 6.01. The zero-order valence-electron chi connectivity index (χ0n) is 8.69. The Morgan fingerprint density at radius 2 is 1.57 bits per heavy atom. The number of ether oxygens (including phenoxy) is 2. The van der Waals surface area contributed by atoms with Gasteiger partial charge in [0.05, 0.1) is 41.0 Å². The Kier molecular flexibility index (Phi) is 5.59. The van der Waals surface area contributed by atoms with Crippen LogP contribution in [0.5, 0.6) is 0 Å². The van der Waals surface area contributed by atoms with E-state index in [-0.39, 0.29) is 20.1 Å². The lowest BCUT2D eigenvalue weighted by molar-refractivity contribution is -0.870. The normalized spacial score (nSPS) is 28.3. The number of aliphatic hydroxyl groups excluding tert-OH is 1. The van der Waals surface area contributed by atoms with Gasteiger partial charge in [-0.25, -0.2) is 0 Å². The highest BCUT2D eigenvalue weighted by molar-refractivity contribution is 4.66. The number of quaternary nitrogens is 1. The van der Waals surface area contributed by atoms with Crippen LogP contribution >= 0.6 is 0 Å². The maximum atomic E-state index is 8.08. The summed E-state index contributed by atoms with van der Waals surface area (Å²) in [5.41, 5.74) is 0. The molecule has 4 nitrogen and oxygen atoms in total. The summed E-state index contributed by atoms with van der Waals surface area (Å²) in [6, 6.07) is 0. The maximum absolute atomic E-state index is 8.08. The lowest BCUT2D eigenvalue weighted by atomic mass is 10.4. The average Bonchev–Trinajstić information content (AvgIpc) is 2.80. The first-order valence-electron chi connectivity index (χ1n) is 4.66. The topological polar surface area (TPSA) is 45.3 Å². The van der Waals surface area contributed by atoms with E-state index in [0.717, 1.165) is 24.2 Å². The van der Waals surface area contributed by atoms with Gasteiger partial charge in [0.1, 0.15) is 18.8 Å². The van der Waals surface area contributed by atoms with Gasteiger partial charge in [-0.3, -0.25) is 0 Å². The van der Waals surface area contributed by atoms with Crippen LogP contribution in [0.1, 0.15) is 7.43 Å². The quantitative estimate of drug-likeness (QED) is 0.526. The van der Waals surface area contributed by atoms with Crippen molar-refractivity contribution in [3.8, 4) is 0 Å². The smallest absolute Gasteiger partial charge is 0.130 e. The molecule has 0 amide bonds.